The van der Waals surface area contributed by atoms with Crippen LogP contribution in [0.25, 0.3) is 0 Å². The van der Waals surface area contributed by atoms with Crippen molar-refractivity contribution in [3.05, 3.63) is 39.5 Å². The summed E-state index contributed by atoms with van der Waals surface area (Å²) in [5, 5.41) is 0.871. The van der Waals surface area contributed by atoms with E-state index in [1.165, 1.54) is 21.4 Å². The van der Waals surface area contributed by atoms with Crippen molar-refractivity contribution in [2.24, 2.45) is 7.05 Å². The lowest BCUT2D eigenvalue weighted by molar-refractivity contribution is 0.111. The first-order valence-electron chi connectivity index (χ1n) is 6.96. The molecule has 128 valence electrons. The van der Waals surface area contributed by atoms with E-state index in [9.17, 15) is 9.59 Å². The maximum Gasteiger partial charge on any atom is 0.325 e. The van der Waals surface area contributed by atoms with E-state index >= 15 is 0 Å². The molecule has 0 aliphatic carbocycles. The molecule has 0 bridgehead atoms. The van der Waals surface area contributed by atoms with Crippen molar-refractivity contribution in [3.63, 3.8) is 0 Å². The fourth-order valence-corrected chi connectivity index (χ4v) is 2.54. The first-order valence-corrected chi connectivity index (χ1v) is 7.72. The highest BCUT2D eigenvalue weighted by atomic mass is 35.5. The highest BCUT2D eigenvalue weighted by molar-refractivity contribution is 6.42. The van der Waals surface area contributed by atoms with E-state index in [4.69, 9.17) is 28.9 Å². The Morgan fingerprint density at radius 3 is 2.58 bits per heavy atom. The molecule has 0 atom stereocenters. The number of imidazole rings is 1. The number of hydrogen-bond acceptors (Lipinski definition) is 4. The van der Waals surface area contributed by atoms with Crippen LogP contribution in [0.5, 0.6) is 0 Å². The van der Waals surface area contributed by atoms with Gasteiger partial charge in [0.25, 0.3) is 0 Å². The van der Waals surface area contributed by atoms with Crippen LogP contribution in [0.3, 0.4) is 0 Å². The largest absolute Gasteiger partial charge is 0.369 e. The molecule has 1 aromatic carbocycles. The Kier molecular flexibility index (Phi) is 5.36. The minimum Gasteiger partial charge on any atom is -0.369 e. The van der Waals surface area contributed by atoms with Crippen molar-refractivity contribution in [2.45, 2.75) is 6.54 Å². The van der Waals surface area contributed by atoms with Crippen molar-refractivity contribution in [2.75, 3.05) is 24.7 Å². The monoisotopic (exact) mass is 369 g/mol. The molecule has 7 nitrogen and oxygen atoms in total. The minimum atomic E-state index is -0.345. The lowest BCUT2D eigenvalue weighted by Crippen LogP contribution is -2.39. The zero-order valence-corrected chi connectivity index (χ0v) is 15.0. The number of nitrogens with zero attached hydrogens (tertiary/aromatic N) is 4. The molecule has 2 N–H and O–H groups in total. The number of aromatic nitrogens is 2. The highest BCUT2D eigenvalue weighted by Crippen LogP contribution is 2.24. The molecule has 0 aliphatic rings. The summed E-state index contributed by atoms with van der Waals surface area (Å²) in [5.41, 5.74) is 6.75. The molecule has 0 radical (unpaired) electrons. The summed E-state index contributed by atoms with van der Waals surface area (Å²) < 4.78 is 1.42. The number of benzene rings is 1. The molecule has 0 saturated carbocycles. The van der Waals surface area contributed by atoms with Crippen LogP contribution in [0.1, 0.15) is 16.1 Å². The van der Waals surface area contributed by atoms with Crippen LogP contribution >= 0.6 is 23.2 Å². The first-order chi connectivity index (χ1) is 11.3. The van der Waals surface area contributed by atoms with Gasteiger partial charge in [-0.1, -0.05) is 29.3 Å². The number of amides is 2. The predicted molar refractivity (Wildman–Crippen MR) is 94.7 cm³/mol. The van der Waals surface area contributed by atoms with E-state index in [1.807, 2.05) is 0 Å². The molecular formula is C15H17Cl2N5O2. The average molecular weight is 370 g/mol. The van der Waals surface area contributed by atoms with Gasteiger partial charge in [0.2, 0.25) is 5.95 Å². The SMILES string of the molecule is CN(Cc1ccc(Cl)c(Cl)c1)C(=O)N(C)c1nc(N)n(C)c1C=O. The van der Waals surface area contributed by atoms with Crippen LogP contribution in [0.2, 0.25) is 10.0 Å². The molecular weight excluding hydrogens is 353 g/mol. The Labute approximate surface area is 149 Å². The van der Waals surface area contributed by atoms with Crippen molar-refractivity contribution in [1.82, 2.24) is 14.5 Å². The number of anilines is 2. The zero-order valence-electron chi connectivity index (χ0n) is 13.5. The molecule has 9 heteroatoms. The molecule has 0 spiro atoms. The fourth-order valence-electron chi connectivity index (χ4n) is 2.22. The van der Waals surface area contributed by atoms with Gasteiger partial charge in [0.1, 0.15) is 5.69 Å². The minimum absolute atomic E-state index is 0.152. The number of aldehydes is 1. The summed E-state index contributed by atoms with van der Waals surface area (Å²) >= 11 is 11.9. The fraction of sp³-hybridized carbons (Fsp3) is 0.267. The molecule has 0 fully saturated rings. The summed E-state index contributed by atoms with van der Waals surface area (Å²) in [4.78, 5) is 30.6. The molecule has 2 amide bonds. The Hall–Kier alpha value is -2.25. The quantitative estimate of drug-likeness (QED) is 0.839. The lowest BCUT2D eigenvalue weighted by atomic mass is 10.2. The van der Waals surface area contributed by atoms with Crippen LogP contribution in [-0.4, -0.2) is 40.9 Å². The first kappa shape index (κ1) is 18.1. The number of hydrogen-bond donors (Lipinski definition) is 1. The summed E-state index contributed by atoms with van der Waals surface area (Å²) in [7, 11) is 4.77. The topological polar surface area (TPSA) is 84.5 Å². The van der Waals surface area contributed by atoms with Crippen molar-refractivity contribution in [3.8, 4) is 0 Å². The van der Waals surface area contributed by atoms with Crippen LogP contribution in [0, 0.1) is 0 Å². The van der Waals surface area contributed by atoms with E-state index in [0.717, 1.165) is 5.56 Å². The summed E-state index contributed by atoms with van der Waals surface area (Å²) in [5.74, 6) is 0.356. The number of urea groups is 1. The molecule has 0 aliphatic heterocycles. The zero-order chi connectivity index (χ0) is 18.0. The third-order valence-corrected chi connectivity index (χ3v) is 4.34. The van der Waals surface area contributed by atoms with Gasteiger partial charge in [0.05, 0.1) is 10.0 Å². The standard InChI is InChI=1S/C15H17Cl2N5O2/c1-20(7-9-4-5-10(16)11(17)6-9)15(24)22(3)13-12(8-23)21(2)14(18)19-13/h4-6,8H,7H2,1-3H3,(H2,18,19). The number of halogens is 2. The maximum absolute atomic E-state index is 12.6. The molecule has 1 heterocycles. The Bertz CT molecular complexity index is 790. The van der Waals surface area contributed by atoms with Gasteiger partial charge in [0.15, 0.2) is 12.1 Å². The van der Waals surface area contributed by atoms with Crippen LogP contribution in [-0.2, 0) is 13.6 Å². The van der Waals surface area contributed by atoms with Gasteiger partial charge in [-0.2, -0.15) is 4.98 Å². The molecule has 2 aromatic rings. The van der Waals surface area contributed by atoms with Gasteiger partial charge < -0.3 is 15.2 Å². The Balaban J connectivity index is 2.19. The van der Waals surface area contributed by atoms with Crippen molar-refractivity contribution >= 4 is 47.3 Å². The van der Waals surface area contributed by atoms with Crippen molar-refractivity contribution < 1.29 is 9.59 Å². The molecule has 1 aromatic heterocycles. The predicted octanol–water partition coefficient (Wildman–Crippen LogP) is 2.81. The number of nitrogen functional groups attached to an aromatic ring is 1. The molecule has 2 rings (SSSR count). The molecule has 0 unspecified atom stereocenters. The average Bonchev–Trinajstić information content (AvgIpc) is 2.84. The lowest BCUT2D eigenvalue weighted by Gasteiger charge is -2.24. The van der Waals surface area contributed by atoms with Gasteiger partial charge in [-0.15, -0.1) is 0 Å². The van der Waals surface area contributed by atoms with Gasteiger partial charge >= 0.3 is 6.03 Å². The number of carbonyl (C=O) groups is 2. The second-order valence-electron chi connectivity index (χ2n) is 5.30. The summed E-state index contributed by atoms with van der Waals surface area (Å²) in [6.45, 7) is 0.318. The number of carbonyl (C=O) groups excluding carboxylic acids is 2. The third kappa shape index (κ3) is 3.47. The normalized spacial score (nSPS) is 10.5. The second kappa shape index (κ2) is 7.11. The highest BCUT2D eigenvalue weighted by Gasteiger charge is 2.23. The Morgan fingerprint density at radius 2 is 2.00 bits per heavy atom. The van der Waals surface area contributed by atoms with E-state index in [1.54, 1.807) is 32.3 Å². The van der Waals surface area contributed by atoms with Crippen molar-refractivity contribution in [1.29, 1.82) is 0 Å². The van der Waals surface area contributed by atoms with Gasteiger partial charge in [0, 0.05) is 27.7 Å². The van der Waals surface area contributed by atoms with Crippen LogP contribution in [0.15, 0.2) is 18.2 Å². The second-order valence-corrected chi connectivity index (χ2v) is 6.12. The van der Waals surface area contributed by atoms with Gasteiger partial charge in [-0.25, -0.2) is 4.79 Å². The van der Waals surface area contributed by atoms with E-state index in [2.05, 4.69) is 4.98 Å². The molecule has 24 heavy (non-hydrogen) atoms. The van der Waals surface area contributed by atoms with Gasteiger partial charge in [-0.3, -0.25) is 9.69 Å². The molecule has 0 saturated heterocycles. The number of rotatable bonds is 4. The summed E-state index contributed by atoms with van der Waals surface area (Å²) in [6, 6.07) is 4.81. The van der Waals surface area contributed by atoms with Gasteiger partial charge in [-0.05, 0) is 17.7 Å². The van der Waals surface area contributed by atoms with E-state index in [-0.39, 0.29) is 23.5 Å². The summed E-state index contributed by atoms with van der Waals surface area (Å²) in [6.07, 6.45) is 0.613. The third-order valence-electron chi connectivity index (χ3n) is 3.60. The number of nitrogens with two attached hydrogens (primary N) is 1. The van der Waals surface area contributed by atoms with E-state index < -0.39 is 0 Å². The Morgan fingerprint density at radius 1 is 1.33 bits per heavy atom. The smallest absolute Gasteiger partial charge is 0.325 e. The maximum atomic E-state index is 12.6. The van der Waals surface area contributed by atoms with E-state index in [0.29, 0.717) is 22.9 Å². The van der Waals surface area contributed by atoms with Crippen LogP contribution in [0.4, 0.5) is 16.6 Å². The van der Waals surface area contributed by atoms with Crippen LogP contribution < -0.4 is 10.6 Å².